The molecule has 1 N–H and O–H groups in total. The van der Waals surface area contributed by atoms with Gasteiger partial charge >= 0.3 is 0 Å². The molecule has 1 atom stereocenters. The first-order valence-electron chi connectivity index (χ1n) is 8.10. The van der Waals surface area contributed by atoms with E-state index in [1.54, 1.807) is 0 Å². The van der Waals surface area contributed by atoms with E-state index in [1.807, 2.05) is 0 Å². The molecular weight excluding hydrogens is 260 g/mol. The number of amides is 1. The number of nitrogens with zero attached hydrogens (tertiary/aromatic N) is 1. The molecule has 116 valence electrons. The number of carbonyl (C=O) groups is 1. The molecule has 3 heteroatoms. The second kappa shape index (κ2) is 7.60. The van der Waals surface area contributed by atoms with Crippen molar-refractivity contribution in [3.63, 3.8) is 0 Å². The largest absolute Gasteiger partial charge is 0.356 e. The summed E-state index contributed by atoms with van der Waals surface area (Å²) in [6.07, 6.45) is 2.14. The molecule has 0 aromatic heterocycles. The number of rotatable bonds is 5. The molecule has 1 amide bonds. The van der Waals surface area contributed by atoms with Crippen molar-refractivity contribution in [3.8, 4) is 0 Å². The van der Waals surface area contributed by atoms with E-state index in [9.17, 15) is 4.79 Å². The Bertz CT molecular complexity index is 453. The molecule has 2 rings (SSSR count). The molecule has 0 bridgehead atoms. The van der Waals surface area contributed by atoms with Gasteiger partial charge in [0.25, 0.3) is 0 Å². The minimum atomic E-state index is 0.156. The summed E-state index contributed by atoms with van der Waals surface area (Å²) in [6, 6.07) is 8.70. The summed E-state index contributed by atoms with van der Waals surface area (Å²) < 4.78 is 0. The van der Waals surface area contributed by atoms with Crippen LogP contribution < -0.4 is 5.32 Å². The maximum atomic E-state index is 12.2. The predicted octanol–water partition coefficient (Wildman–Crippen LogP) is 2.98. The highest BCUT2D eigenvalue weighted by Crippen LogP contribution is 2.19. The van der Waals surface area contributed by atoms with Gasteiger partial charge in [-0.2, -0.15) is 0 Å². The number of carbonyl (C=O) groups excluding carboxylic acids is 1. The number of hydrogen-bond acceptors (Lipinski definition) is 2. The lowest BCUT2D eigenvalue weighted by atomic mass is 9.96. The third kappa shape index (κ3) is 5.16. The Morgan fingerprint density at radius 2 is 2.05 bits per heavy atom. The van der Waals surface area contributed by atoms with Crippen LogP contribution in [0.3, 0.4) is 0 Å². The molecule has 1 unspecified atom stereocenters. The number of likely N-dealkylation sites (tertiary alicyclic amines) is 1. The van der Waals surface area contributed by atoms with Crippen LogP contribution in [0.4, 0.5) is 0 Å². The normalized spacial score (nSPS) is 19.7. The molecule has 0 radical (unpaired) electrons. The summed E-state index contributed by atoms with van der Waals surface area (Å²) >= 11 is 0. The van der Waals surface area contributed by atoms with E-state index in [0.717, 1.165) is 39.0 Å². The van der Waals surface area contributed by atoms with Crippen LogP contribution in [0.1, 0.15) is 37.8 Å². The van der Waals surface area contributed by atoms with Gasteiger partial charge in [0.1, 0.15) is 0 Å². The second-order valence-corrected chi connectivity index (χ2v) is 6.70. The lowest BCUT2D eigenvalue weighted by Crippen LogP contribution is -2.43. The minimum absolute atomic E-state index is 0.156. The van der Waals surface area contributed by atoms with E-state index >= 15 is 0 Å². The lowest BCUT2D eigenvalue weighted by Gasteiger charge is -2.32. The van der Waals surface area contributed by atoms with Crippen molar-refractivity contribution in [3.05, 3.63) is 35.4 Å². The number of aryl methyl sites for hydroxylation is 1. The van der Waals surface area contributed by atoms with Crippen LogP contribution in [0.15, 0.2) is 24.3 Å². The number of piperidine rings is 1. The van der Waals surface area contributed by atoms with Gasteiger partial charge in [0, 0.05) is 19.6 Å². The van der Waals surface area contributed by atoms with E-state index in [2.05, 4.69) is 55.3 Å². The number of hydrogen-bond donors (Lipinski definition) is 1. The van der Waals surface area contributed by atoms with Crippen molar-refractivity contribution in [2.24, 2.45) is 11.8 Å². The highest BCUT2D eigenvalue weighted by Gasteiger charge is 2.25. The standard InChI is InChI=1S/C18H28N2O/c1-14(2)11-19-18(21)17-5-4-10-20(13-17)12-16-8-6-15(3)7-9-16/h6-9,14,17H,4-5,10-13H2,1-3H3,(H,19,21). The highest BCUT2D eigenvalue weighted by atomic mass is 16.1. The second-order valence-electron chi connectivity index (χ2n) is 6.70. The van der Waals surface area contributed by atoms with Gasteiger partial charge in [-0.15, -0.1) is 0 Å². The van der Waals surface area contributed by atoms with Crippen molar-refractivity contribution in [1.82, 2.24) is 10.2 Å². The quantitative estimate of drug-likeness (QED) is 0.903. The molecule has 3 nitrogen and oxygen atoms in total. The fraction of sp³-hybridized carbons (Fsp3) is 0.611. The molecule has 1 heterocycles. The van der Waals surface area contributed by atoms with Gasteiger partial charge in [-0.1, -0.05) is 43.7 Å². The van der Waals surface area contributed by atoms with Gasteiger partial charge in [0.15, 0.2) is 0 Å². The minimum Gasteiger partial charge on any atom is -0.356 e. The summed E-state index contributed by atoms with van der Waals surface area (Å²) in [5.41, 5.74) is 2.63. The Balaban J connectivity index is 1.85. The van der Waals surface area contributed by atoms with Crippen LogP contribution >= 0.6 is 0 Å². The van der Waals surface area contributed by atoms with Gasteiger partial charge < -0.3 is 5.32 Å². The number of nitrogens with one attached hydrogen (secondary N) is 1. The molecule has 1 saturated heterocycles. The van der Waals surface area contributed by atoms with Crippen LogP contribution in [0, 0.1) is 18.8 Å². The molecule has 1 fully saturated rings. The molecule has 1 aromatic carbocycles. The first-order chi connectivity index (χ1) is 10.0. The topological polar surface area (TPSA) is 32.3 Å². The fourth-order valence-electron chi connectivity index (χ4n) is 2.81. The Morgan fingerprint density at radius 3 is 2.71 bits per heavy atom. The average Bonchev–Trinajstić information content (AvgIpc) is 2.47. The first kappa shape index (κ1) is 16.0. The highest BCUT2D eigenvalue weighted by molar-refractivity contribution is 5.78. The van der Waals surface area contributed by atoms with Gasteiger partial charge in [-0.3, -0.25) is 9.69 Å². The maximum absolute atomic E-state index is 12.2. The fourth-order valence-corrected chi connectivity index (χ4v) is 2.81. The van der Waals surface area contributed by atoms with Crippen LogP contribution in [0.2, 0.25) is 0 Å². The Morgan fingerprint density at radius 1 is 1.33 bits per heavy atom. The van der Waals surface area contributed by atoms with E-state index in [1.165, 1.54) is 11.1 Å². The zero-order valence-corrected chi connectivity index (χ0v) is 13.6. The van der Waals surface area contributed by atoms with Gasteiger partial charge in [-0.05, 0) is 37.8 Å². The molecule has 1 aromatic rings. The summed E-state index contributed by atoms with van der Waals surface area (Å²) in [5.74, 6) is 0.904. The van der Waals surface area contributed by atoms with E-state index in [0.29, 0.717) is 5.92 Å². The van der Waals surface area contributed by atoms with Crippen LogP contribution in [0.5, 0.6) is 0 Å². The van der Waals surface area contributed by atoms with Crippen molar-refractivity contribution in [2.75, 3.05) is 19.6 Å². The van der Waals surface area contributed by atoms with Gasteiger partial charge in [0.05, 0.1) is 5.92 Å². The van der Waals surface area contributed by atoms with Crippen LogP contribution in [-0.2, 0) is 11.3 Å². The zero-order valence-electron chi connectivity index (χ0n) is 13.6. The third-order valence-corrected chi connectivity index (χ3v) is 4.09. The third-order valence-electron chi connectivity index (χ3n) is 4.09. The van der Waals surface area contributed by atoms with E-state index in [-0.39, 0.29) is 11.8 Å². The van der Waals surface area contributed by atoms with Gasteiger partial charge in [0.2, 0.25) is 5.91 Å². The first-order valence-corrected chi connectivity index (χ1v) is 8.10. The molecule has 0 saturated carbocycles. The zero-order chi connectivity index (χ0) is 15.2. The van der Waals surface area contributed by atoms with Crippen molar-refractivity contribution in [1.29, 1.82) is 0 Å². The molecule has 21 heavy (non-hydrogen) atoms. The summed E-state index contributed by atoms with van der Waals surface area (Å²) in [7, 11) is 0. The van der Waals surface area contributed by atoms with E-state index < -0.39 is 0 Å². The summed E-state index contributed by atoms with van der Waals surface area (Å²) in [6.45, 7) is 10.1. The summed E-state index contributed by atoms with van der Waals surface area (Å²) in [4.78, 5) is 14.6. The summed E-state index contributed by atoms with van der Waals surface area (Å²) in [5, 5.41) is 3.08. The van der Waals surface area contributed by atoms with Crippen molar-refractivity contribution in [2.45, 2.75) is 40.2 Å². The Kier molecular flexibility index (Phi) is 5.80. The predicted molar refractivity (Wildman–Crippen MR) is 87.0 cm³/mol. The average molecular weight is 288 g/mol. The maximum Gasteiger partial charge on any atom is 0.224 e. The monoisotopic (exact) mass is 288 g/mol. The SMILES string of the molecule is Cc1ccc(CN2CCCC(C(=O)NCC(C)C)C2)cc1. The van der Waals surface area contributed by atoms with E-state index in [4.69, 9.17) is 0 Å². The molecular formula is C18H28N2O. The van der Waals surface area contributed by atoms with Crippen LogP contribution in [0.25, 0.3) is 0 Å². The Labute approximate surface area is 128 Å². The van der Waals surface area contributed by atoms with Gasteiger partial charge in [-0.25, -0.2) is 0 Å². The molecule has 0 spiro atoms. The Hall–Kier alpha value is -1.35. The number of benzene rings is 1. The molecule has 0 aliphatic carbocycles. The van der Waals surface area contributed by atoms with Crippen LogP contribution in [-0.4, -0.2) is 30.4 Å². The molecule has 1 aliphatic heterocycles. The lowest BCUT2D eigenvalue weighted by molar-refractivity contribution is -0.126. The molecule has 1 aliphatic rings. The smallest absolute Gasteiger partial charge is 0.224 e. The van der Waals surface area contributed by atoms with Crippen molar-refractivity contribution >= 4 is 5.91 Å². The van der Waals surface area contributed by atoms with Crippen molar-refractivity contribution < 1.29 is 4.79 Å².